The Balaban J connectivity index is 1.67. The third kappa shape index (κ3) is 4.17. The number of rotatable bonds is 3. The van der Waals surface area contributed by atoms with Crippen LogP contribution in [-0.4, -0.2) is 15.9 Å². The zero-order valence-corrected chi connectivity index (χ0v) is 20.1. The lowest BCUT2D eigenvalue weighted by Crippen LogP contribution is -2.42. The van der Waals surface area contributed by atoms with Crippen molar-refractivity contribution in [3.05, 3.63) is 108 Å². The van der Waals surface area contributed by atoms with Crippen LogP contribution in [0.15, 0.2) is 112 Å². The number of hydrazine groups is 1. The molecule has 0 radical (unpaired) electrons. The van der Waals surface area contributed by atoms with Crippen molar-refractivity contribution in [2.75, 3.05) is 5.01 Å². The third-order valence-electron chi connectivity index (χ3n) is 6.21. The predicted octanol–water partition coefficient (Wildman–Crippen LogP) is 7.18. The molecule has 0 aromatic heterocycles. The Hall–Kier alpha value is -3.64. The molecule has 34 heavy (non-hydrogen) atoms. The van der Waals surface area contributed by atoms with E-state index in [9.17, 15) is 4.79 Å². The molecule has 0 amide bonds. The molecule has 0 saturated heterocycles. The van der Waals surface area contributed by atoms with Crippen LogP contribution in [0.1, 0.15) is 38.3 Å². The Morgan fingerprint density at radius 1 is 0.882 bits per heavy atom. The first kappa shape index (κ1) is 22.2. The molecule has 2 aliphatic rings. The minimum atomic E-state index is -0.285. The van der Waals surface area contributed by atoms with Gasteiger partial charge in [-0.15, -0.1) is 10.2 Å². The topological polar surface area (TPSA) is 48.3 Å². The molecule has 0 spiro atoms. The van der Waals surface area contributed by atoms with E-state index in [1.165, 1.54) is 0 Å². The van der Waals surface area contributed by atoms with E-state index in [1.807, 2.05) is 83.9 Å². The van der Waals surface area contributed by atoms with Gasteiger partial charge in [0.25, 0.3) is 0 Å². The maximum Gasteiger partial charge on any atom is 0.239 e. The lowest BCUT2D eigenvalue weighted by atomic mass is 9.74. The zero-order chi connectivity index (χ0) is 23.7. The summed E-state index contributed by atoms with van der Waals surface area (Å²) >= 11 is 5.85. The summed E-state index contributed by atoms with van der Waals surface area (Å²) in [4.78, 5) is 13.6. The van der Waals surface area contributed by atoms with E-state index in [-0.39, 0.29) is 17.2 Å². The molecule has 3 aromatic rings. The van der Waals surface area contributed by atoms with E-state index in [4.69, 9.17) is 12.2 Å². The van der Waals surface area contributed by atoms with Crippen LogP contribution in [0.2, 0.25) is 0 Å². The monoisotopic (exact) mass is 466 g/mol. The quantitative estimate of drug-likeness (QED) is 0.303. The SMILES string of the molecule is CC1(C)CC(=O)C2=C(C1)N(C(=S)N=Nc1ccccc1)N(c1ccccc1)C2c1ccccc1. The van der Waals surface area contributed by atoms with Crippen LogP contribution >= 0.6 is 12.2 Å². The van der Waals surface area contributed by atoms with Crippen LogP contribution in [0.4, 0.5) is 11.4 Å². The van der Waals surface area contributed by atoms with Crippen LogP contribution in [0.5, 0.6) is 0 Å². The van der Waals surface area contributed by atoms with Gasteiger partial charge in [0.2, 0.25) is 5.11 Å². The first-order chi connectivity index (χ1) is 16.4. The number of azo groups is 1. The van der Waals surface area contributed by atoms with Crippen molar-refractivity contribution in [2.45, 2.75) is 32.7 Å². The molecule has 1 atom stereocenters. The fraction of sp³-hybridized carbons (Fsp3) is 0.214. The fourth-order valence-corrected chi connectivity index (χ4v) is 5.04. The van der Waals surface area contributed by atoms with Crippen molar-refractivity contribution in [1.82, 2.24) is 5.01 Å². The van der Waals surface area contributed by atoms with Crippen molar-refractivity contribution in [3.8, 4) is 0 Å². The summed E-state index contributed by atoms with van der Waals surface area (Å²) in [6, 6.07) is 29.4. The fourth-order valence-electron chi connectivity index (χ4n) is 4.80. The number of Topliss-reactive ketones (excluding diaryl/α,β-unsaturated/α-hetero) is 1. The molecule has 1 aliphatic carbocycles. The number of allylic oxidation sites excluding steroid dienone is 1. The van der Waals surface area contributed by atoms with Crippen molar-refractivity contribution in [2.24, 2.45) is 15.6 Å². The molecule has 1 unspecified atom stereocenters. The van der Waals surface area contributed by atoms with Gasteiger partial charge in [-0.25, -0.2) is 5.01 Å². The van der Waals surface area contributed by atoms with Gasteiger partial charge in [-0.1, -0.05) is 80.6 Å². The first-order valence-electron chi connectivity index (χ1n) is 11.4. The van der Waals surface area contributed by atoms with Gasteiger partial charge in [-0.05, 0) is 53.9 Å². The average Bonchev–Trinajstić information content (AvgIpc) is 3.18. The molecular weight excluding hydrogens is 440 g/mol. The Morgan fingerprint density at radius 2 is 1.47 bits per heavy atom. The maximum absolute atomic E-state index is 13.6. The van der Waals surface area contributed by atoms with Crippen LogP contribution < -0.4 is 5.01 Å². The molecule has 0 N–H and O–H groups in total. The minimum absolute atomic E-state index is 0.159. The molecule has 1 heterocycles. The maximum atomic E-state index is 13.6. The summed E-state index contributed by atoms with van der Waals surface area (Å²) in [5.41, 5.74) is 4.24. The number of hydrogen-bond donors (Lipinski definition) is 0. The average molecular weight is 467 g/mol. The lowest BCUT2D eigenvalue weighted by molar-refractivity contribution is -0.118. The minimum Gasteiger partial charge on any atom is -0.294 e. The summed E-state index contributed by atoms with van der Waals surface area (Å²) in [6.45, 7) is 4.26. The van der Waals surface area contributed by atoms with Gasteiger partial charge >= 0.3 is 0 Å². The van der Waals surface area contributed by atoms with Crippen LogP contribution in [0.25, 0.3) is 0 Å². The molecule has 6 heteroatoms. The summed E-state index contributed by atoms with van der Waals surface area (Å²) < 4.78 is 0. The number of ketones is 1. The molecule has 0 fully saturated rings. The second-order valence-electron chi connectivity index (χ2n) is 9.42. The van der Waals surface area contributed by atoms with E-state index in [1.54, 1.807) is 0 Å². The molecule has 0 saturated carbocycles. The summed E-state index contributed by atoms with van der Waals surface area (Å²) in [5, 5.41) is 13.2. The van der Waals surface area contributed by atoms with Gasteiger partial charge < -0.3 is 0 Å². The smallest absolute Gasteiger partial charge is 0.239 e. The number of nitrogens with zero attached hydrogens (tertiary/aromatic N) is 4. The van der Waals surface area contributed by atoms with E-state index < -0.39 is 0 Å². The van der Waals surface area contributed by atoms with Crippen molar-refractivity contribution in [1.29, 1.82) is 0 Å². The van der Waals surface area contributed by atoms with Gasteiger partial charge in [0.05, 0.1) is 17.1 Å². The highest BCUT2D eigenvalue weighted by Crippen LogP contribution is 2.51. The number of hydrogen-bond acceptors (Lipinski definition) is 4. The van der Waals surface area contributed by atoms with E-state index in [2.05, 4.69) is 41.2 Å². The van der Waals surface area contributed by atoms with Gasteiger partial charge in [-0.3, -0.25) is 9.80 Å². The molecule has 5 rings (SSSR count). The Labute approximate surface area is 205 Å². The molecule has 1 aliphatic heterocycles. The summed E-state index contributed by atoms with van der Waals surface area (Å²) in [7, 11) is 0. The van der Waals surface area contributed by atoms with Crippen molar-refractivity contribution in [3.63, 3.8) is 0 Å². The van der Waals surface area contributed by atoms with Crippen molar-refractivity contribution < 1.29 is 4.79 Å². The number of carbonyl (C=O) groups is 1. The molecule has 3 aromatic carbocycles. The Kier molecular flexibility index (Phi) is 5.84. The molecule has 5 nitrogen and oxygen atoms in total. The largest absolute Gasteiger partial charge is 0.294 e. The lowest BCUT2D eigenvalue weighted by Gasteiger charge is -2.37. The van der Waals surface area contributed by atoms with Crippen LogP contribution in [0.3, 0.4) is 0 Å². The van der Waals surface area contributed by atoms with Gasteiger partial charge in [0.1, 0.15) is 6.04 Å². The molecule has 0 bridgehead atoms. The van der Waals surface area contributed by atoms with Gasteiger partial charge in [0, 0.05) is 12.0 Å². The van der Waals surface area contributed by atoms with Crippen molar-refractivity contribution >= 4 is 34.5 Å². The molecule has 170 valence electrons. The summed E-state index contributed by atoms with van der Waals surface area (Å²) in [6.07, 6.45) is 1.23. The highest BCUT2D eigenvalue weighted by molar-refractivity contribution is 7.80. The normalized spacial score (nSPS) is 19.6. The third-order valence-corrected chi connectivity index (χ3v) is 6.46. The molecular formula is C28H26N4OS. The predicted molar refractivity (Wildman–Crippen MR) is 139 cm³/mol. The van der Waals surface area contributed by atoms with E-state index in [0.717, 1.165) is 34.6 Å². The zero-order valence-electron chi connectivity index (χ0n) is 19.3. The highest BCUT2D eigenvalue weighted by atomic mass is 32.1. The number of thiocarbonyl (C=S) groups is 1. The second kappa shape index (κ2) is 8.95. The standard InChI is InChI=1S/C28H26N4OS/c1-28(2)18-23-25(24(33)19-28)26(20-12-6-3-7-13-20)31(22-16-10-5-11-17-22)32(23)27(34)30-29-21-14-8-4-9-15-21/h3-17,26H,18-19H2,1-2H3. The first-order valence-corrected chi connectivity index (χ1v) is 11.8. The number of anilines is 1. The number of carbonyl (C=O) groups excluding carboxylic acids is 1. The van der Waals surface area contributed by atoms with Gasteiger partial charge in [-0.2, -0.15) is 0 Å². The second-order valence-corrected chi connectivity index (χ2v) is 9.79. The van der Waals surface area contributed by atoms with E-state index in [0.29, 0.717) is 11.5 Å². The van der Waals surface area contributed by atoms with Crippen LogP contribution in [-0.2, 0) is 4.79 Å². The number of para-hydroxylation sites is 1. The van der Waals surface area contributed by atoms with Gasteiger partial charge in [0.15, 0.2) is 5.78 Å². The van der Waals surface area contributed by atoms with E-state index >= 15 is 0 Å². The number of benzene rings is 3. The highest BCUT2D eigenvalue weighted by Gasteiger charge is 2.49. The summed E-state index contributed by atoms with van der Waals surface area (Å²) in [5.74, 6) is 0.159. The Morgan fingerprint density at radius 3 is 2.12 bits per heavy atom. The van der Waals surface area contributed by atoms with Crippen LogP contribution in [0, 0.1) is 5.41 Å². The Bertz CT molecular complexity index is 1270.